The Morgan fingerprint density at radius 2 is 2.27 bits per heavy atom. The molecule has 2 nitrogen and oxygen atoms in total. The quantitative estimate of drug-likeness (QED) is 0.455. The maximum Gasteiger partial charge on any atom is 0.0430 e. The predicted octanol–water partition coefficient (Wildman–Crippen LogP) is 3.79. The van der Waals surface area contributed by atoms with Crippen LogP contribution >= 0.6 is 11.9 Å². The summed E-state index contributed by atoms with van der Waals surface area (Å²) < 4.78 is 3.72. The van der Waals surface area contributed by atoms with E-state index in [0.29, 0.717) is 5.92 Å². The second-order valence-electron chi connectivity index (χ2n) is 2.49. The minimum absolute atomic E-state index is 0.711. The lowest BCUT2D eigenvalue weighted by Gasteiger charge is -1.94. The molecular weight excluding hydrogens is 156 g/mol. The Morgan fingerprint density at radius 3 is 2.82 bits per heavy atom. The molecule has 0 heterocycles. The van der Waals surface area contributed by atoms with Crippen molar-refractivity contribution in [3.05, 3.63) is 24.3 Å². The fourth-order valence-corrected chi connectivity index (χ4v) is 0.831. The number of rotatable bonds is 5. The Morgan fingerprint density at radius 1 is 1.55 bits per heavy atom. The average Bonchev–Trinajstić information content (AvgIpc) is 1.96. The molecule has 0 aromatic carbocycles. The van der Waals surface area contributed by atoms with Crippen molar-refractivity contribution in [2.75, 3.05) is 0 Å². The summed E-state index contributed by atoms with van der Waals surface area (Å²) in [5.41, 5.74) is 0. The van der Waals surface area contributed by atoms with Crippen LogP contribution in [0.1, 0.15) is 20.3 Å². The fourth-order valence-electron chi connectivity index (χ4n) is 0.459. The lowest BCUT2D eigenvalue weighted by atomic mass is 10.1. The highest BCUT2D eigenvalue weighted by Crippen LogP contribution is 2.07. The molecule has 0 N–H and O–H groups in total. The van der Waals surface area contributed by atoms with Gasteiger partial charge in [-0.05, 0) is 17.7 Å². The molecule has 0 rings (SSSR count). The molecule has 0 aliphatic carbocycles. The van der Waals surface area contributed by atoms with E-state index in [0.717, 1.165) is 6.42 Å². The van der Waals surface area contributed by atoms with Crippen LogP contribution in [0.25, 0.3) is 0 Å². The van der Waals surface area contributed by atoms with Crippen LogP contribution in [0.4, 0.5) is 0 Å². The van der Waals surface area contributed by atoms with Gasteiger partial charge in [0.2, 0.25) is 0 Å². The molecule has 62 valence electrons. The number of hydrogen-bond acceptors (Lipinski definition) is 3. The van der Waals surface area contributed by atoms with Gasteiger partial charge >= 0.3 is 0 Å². The highest BCUT2D eigenvalue weighted by atomic mass is 32.2. The smallest absolute Gasteiger partial charge is 0.0430 e. The molecule has 0 spiro atoms. The zero-order chi connectivity index (χ0) is 8.53. The lowest BCUT2D eigenvalue weighted by Crippen LogP contribution is -1.79. The highest BCUT2D eigenvalue weighted by Gasteiger charge is 1.85. The van der Waals surface area contributed by atoms with Crippen molar-refractivity contribution in [3.8, 4) is 0 Å². The third-order valence-corrected chi connectivity index (χ3v) is 1.44. The molecule has 0 aromatic rings. The van der Waals surface area contributed by atoms with Gasteiger partial charge in [0.1, 0.15) is 0 Å². The van der Waals surface area contributed by atoms with E-state index in [1.165, 1.54) is 18.1 Å². The van der Waals surface area contributed by atoms with E-state index in [9.17, 15) is 0 Å². The van der Waals surface area contributed by atoms with Crippen molar-refractivity contribution < 1.29 is 0 Å². The van der Waals surface area contributed by atoms with Crippen molar-refractivity contribution in [1.82, 2.24) is 0 Å². The SMILES string of the molecule is C=C/N=N\S/C=C\CC(C)C. The summed E-state index contributed by atoms with van der Waals surface area (Å²) in [5, 5.41) is 5.53. The van der Waals surface area contributed by atoms with Crippen LogP contribution in [0.2, 0.25) is 0 Å². The molecule has 0 bridgehead atoms. The Balaban J connectivity index is 3.30. The van der Waals surface area contributed by atoms with E-state index in [1.54, 1.807) is 0 Å². The summed E-state index contributed by atoms with van der Waals surface area (Å²) in [4.78, 5) is 0. The van der Waals surface area contributed by atoms with Crippen LogP contribution in [-0.2, 0) is 0 Å². The first-order chi connectivity index (χ1) is 5.27. The minimum atomic E-state index is 0.711. The second kappa shape index (κ2) is 7.54. The number of hydrogen-bond donors (Lipinski definition) is 0. The Labute approximate surface area is 72.6 Å². The van der Waals surface area contributed by atoms with Crippen LogP contribution in [0.15, 0.2) is 33.9 Å². The van der Waals surface area contributed by atoms with Crippen molar-refractivity contribution in [2.24, 2.45) is 15.6 Å². The molecule has 3 heteroatoms. The summed E-state index contributed by atoms with van der Waals surface area (Å²) in [6.45, 7) is 7.77. The Bertz CT molecular complexity index is 150. The zero-order valence-electron chi connectivity index (χ0n) is 7.03. The summed E-state index contributed by atoms with van der Waals surface area (Å²) in [7, 11) is 0. The molecule has 0 atom stereocenters. The van der Waals surface area contributed by atoms with Crippen molar-refractivity contribution in [2.45, 2.75) is 20.3 Å². The van der Waals surface area contributed by atoms with Gasteiger partial charge in [-0.15, -0.1) is 4.52 Å². The molecule has 11 heavy (non-hydrogen) atoms. The first kappa shape index (κ1) is 10.4. The summed E-state index contributed by atoms with van der Waals surface area (Å²) in [6, 6.07) is 0. The highest BCUT2D eigenvalue weighted by molar-refractivity contribution is 8.00. The van der Waals surface area contributed by atoms with Gasteiger partial charge in [-0.3, -0.25) is 0 Å². The maximum absolute atomic E-state index is 3.72. The molecule has 0 aromatic heterocycles. The second-order valence-corrected chi connectivity index (χ2v) is 3.13. The lowest BCUT2D eigenvalue weighted by molar-refractivity contribution is 0.664. The molecule has 0 aliphatic heterocycles. The first-order valence-corrected chi connectivity index (χ1v) is 4.43. The summed E-state index contributed by atoms with van der Waals surface area (Å²) in [5.74, 6) is 0.711. The number of allylic oxidation sites excluding steroid dienone is 1. The third kappa shape index (κ3) is 9.43. The average molecular weight is 170 g/mol. The van der Waals surface area contributed by atoms with Gasteiger partial charge in [0.15, 0.2) is 0 Å². The molecule has 0 saturated carbocycles. The van der Waals surface area contributed by atoms with Crippen LogP contribution < -0.4 is 0 Å². The largest absolute Gasteiger partial charge is 0.152 e. The van der Waals surface area contributed by atoms with Gasteiger partial charge in [0.05, 0.1) is 0 Å². The molecular formula is C8H14N2S. The van der Waals surface area contributed by atoms with Crippen LogP contribution in [0.3, 0.4) is 0 Å². The van der Waals surface area contributed by atoms with Gasteiger partial charge in [-0.1, -0.05) is 26.5 Å². The van der Waals surface area contributed by atoms with Gasteiger partial charge in [0.25, 0.3) is 0 Å². The Kier molecular flexibility index (Phi) is 7.15. The third-order valence-electron chi connectivity index (χ3n) is 0.941. The van der Waals surface area contributed by atoms with Gasteiger partial charge in [-0.25, -0.2) is 0 Å². The standard InChI is InChI=1S/C8H14N2S/c1-4-9-10-11-7-5-6-8(2)3/h4-5,7-8H,1,6H2,2-3H3/b7-5-,10-9-. The maximum atomic E-state index is 3.72. The van der Waals surface area contributed by atoms with Gasteiger partial charge in [-0.2, -0.15) is 5.11 Å². The van der Waals surface area contributed by atoms with Crippen LogP contribution in [0, 0.1) is 5.92 Å². The van der Waals surface area contributed by atoms with Crippen molar-refractivity contribution >= 4 is 11.9 Å². The van der Waals surface area contributed by atoms with Crippen molar-refractivity contribution in [1.29, 1.82) is 0 Å². The van der Waals surface area contributed by atoms with E-state index < -0.39 is 0 Å². The molecule has 0 amide bonds. The van der Waals surface area contributed by atoms with E-state index in [-0.39, 0.29) is 0 Å². The summed E-state index contributed by atoms with van der Waals surface area (Å²) >= 11 is 1.33. The minimum Gasteiger partial charge on any atom is -0.152 e. The molecule has 0 unspecified atom stereocenters. The normalized spacial score (nSPS) is 11.9. The fraction of sp³-hybridized carbons (Fsp3) is 0.500. The molecule has 0 saturated heterocycles. The van der Waals surface area contributed by atoms with Crippen LogP contribution in [0.5, 0.6) is 0 Å². The summed E-state index contributed by atoms with van der Waals surface area (Å²) in [6.07, 6.45) is 4.61. The monoisotopic (exact) mass is 170 g/mol. The van der Waals surface area contributed by atoms with E-state index in [2.05, 4.69) is 36.1 Å². The molecule has 0 fully saturated rings. The van der Waals surface area contributed by atoms with Crippen molar-refractivity contribution in [3.63, 3.8) is 0 Å². The zero-order valence-corrected chi connectivity index (χ0v) is 7.84. The Hall–Kier alpha value is -0.570. The first-order valence-electron chi connectivity index (χ1n) is 3.59. The molecule has 0 radical (unpaired) electrons. The molecule has 0 aliphatic rings. The predicted molar refractivity (Wildman–Crippen MR) is 51.2 cm³/mol. The number of nitrogens with zero attached hydrogens (tertiary/aromatic N) is 2. The van der Waals surface area contributed by atoms with Gasteiger partial charge in [0, 0.05) is 18.1 Å². The topological polar surface area (TPSA) is 24.7 Å². The van der Waals surface area contributed by atoms with Gasteiger partial charge < -0.3 is 0 Å². The van der Waals surface area contributed by atoms with E-state index in [4.69, 9.17) is 0 Å². The van der Waals surface area contributed by atoms with Crippen LogP contribution in [-0.4, -0.2) is 0 Å². The van der Waals surface area contributed by atoms with E-state index >= 15 is 0 Å². The van der Waals surface area contributed by atoms with E-state index in [1.807, 2.05) is 5.41 Å².